The van der Waals surface area contributed by atoms with Crippen LogP contribution in [0.5, 0.6) is 0 Å². The van der Waals surface area contributed by atoms with Crippen molar-refractivity contribution in [1.29, 1.82) is 0 Å². The van der Waals surface area contributed by atoms with Crippen molar-refractivity contribution in [2.24, 2.45) is 0 Å². The van der Waals surface area contributed by atoms with Gasteiger partial charge < -0.3 is 14.3 Å². The lowest BCUT2D eigenvalue weighted by molar-refractivity contribution is 0.0702. The molecule has 2 aliphatic heterocycles. The van der Waals surface area contributed by atoms with E-state index in [0.717, 1.165) is 44.7 Å². The third-order valence-electron chi connectivity index (χ3n) is 5.46. The summed E-state index contributed by atoms with van der Waals surface area (Å²) < 4.78 is 5.16. The number of hydrogen-bond donors (Lipinski definition) is 0. The van der Waals surface area contributed by atoms with Gasteiger partial charge in [0.05, 0.1) is 5.69 Å². The standard InChI is InChI=1S/C19H25N5O2/c1-12-17(13(2)26-22-12)19(25)24-7-4-5-14(11-24)18-20-9-15-10-23(3)8-6-16(15)21-18/h9,14H,4-8,10-11H2,1-3H3. The van der Waals surface area contributed by atoms with Crippen molar-refractivity contribution in [3.8, 4) is 0 Å². The summed E-state index contributed by atoms with van der Waals surface area (Å²) in [5, 5.41) is 3.91. The van der Waals surface area contributed by atoms with Gasteiger partial charge in [0.15, 0.2) is 0 Å². The van der Waals surface area contributed by atoms with Gasteiger partial charge in [-0.25, -0.2) is 9.97 Å². The minimum Gasteiger partial charge on any atom is -0.361 e. The molecule has 4 rings (SSSR count). The van der Waals surface area contributed by atoms with Crippen LogP contribution < -0.4 is 0 Å². The van der Waals surface area contributed by atoms with Crippen LogP contribution in [0.2, 0.25) is 0 Å². The Morgan fingerprint density at radius 2 is 2.15 bits per heavy atom. The molecule has 0 radical (unpaired) electrons. The SMILES string of the molecule is Cc1noc(C)c1C(=O)N1CCCC(c2ncc3c(n2)CCN(C)C3)C1. The number of amides is 1. The summed E-state index contributed by atoms with van der Waals surface area (Å²) in [7, 11) is 2.12. The second-order valence-electron chi connectivity index (χ2n) is 7.48. The van der Waals surface area contributed by atoms with Crippen LogP contribution in [0.3, 0.4) is 0 Å². The predicted octanol–water partition coefficient (Wildman–Crippen LogP) is 2.09. The summed E-state index contributed by atoms with van der Waals surface area (Å²) in [6, 6.07) is 0. The van der Waals surface area contributed by atoms with Crippen LogP contribution in [0.25, 0.3) is 0 Å². The summed E-state index contributed by atoms with van der Waals surface area (Å²) >= 11 is 0. The maximum absolute atomic E-state index is 12.9. The van der Waals surface area contributed by atoms with Gasteiger partial charge in [-0.3, -0.25) is 4.79 Å². The first kappa shape index (κ1) is 17.1. The fourth-order valence-corrected chi connectivity index (χ4v) is 3.99. The van der Waals surface area contributed by atoms with Gasteiger partial charge >= 0.3 is 0 Å². The first-order valence-corrected chi connectivity index (χ1v) is 9.28. The number of fused-ring (bicyclic) bond motifs is 1. The maximum Gasteiger partial charge on any atom is 0.259 e. The van der Waals surface area contributed by atoms with Crippen LogP contribution in [0.4, 0.5) is 0 Å². The van der Waals surface area contributed by atoms with E-state index in [4.69, 9.17) is 9.51 Å². The van der Waals surface area contributed by atoms with E-state index in [1.165, 1.54) is 11.3 Å². The lowest BCUT2D eigenvalue weighted by atomic mass is 9.95. The summed E-state index contributed by atoms with van der Waals surface area (Å²) in [6.07, 6.45) is 4.92. The molecule has 4 heterocycles. The van der Waals surface area contributed by atoms with E-state index in [1.807, 2.05) is 18.0 Å². The molecule has 138 valence electrons. The summed E-state index contributed by atoms with van der Waals surface area (Å²) in [4.78, 5) is 26.6. The van der Waals surface area contributed by atoms with Crippen molar-refractivity contribution in [3.05, 3.63) is 40.3 Å². The molecule has 2 aromatic heterocycles. The largest absolute Gasteiger partial charge is 0.361 e. The number of aryl methyl sites for hydroxylation is 2. The lowest BCUT2D eigenvalue weighted by Crippen LogP contribution is -2.40. The Morgan fingerprint density at radius 3 is 2.92 bits per heavy atom. The Kier molecular flexibility index (Phi) is 4.48. The van der Waals surface area contributed by atoms with E-state index < -0.39 is 0 Å². The van der Waals surface area contributed by atoms with Gasteiger partial charge in [0.2, 0.25) is 0 Å². The smallest absolute Gasteiger partial charge is 0.259 e. The highest BCUT2D eigenvalue weighted by Gasteiger charge is 2.30. The molecule has 0 N–H and O–H groups in total. The molecule has 0 bridgehead atoms. The van der Waals surface area contributed by atoms with Gasteiger partial charge in [0.1, 0.15) is 17.1 Å². The topological polar surface area (TPSA) is 75.4 Å². The molecular weight excluding hydrogens is 330 g/mol. The van der Waals surface area contributed by atoms with E-state index in [1.54, 1.807) is 6.92 Å². The Morgan fingerprint density at radius 1 is 1.31 bits per heavy atom. The zero-order valence-corrected chi connectivity index (χ0v) is 15.7. The number of carbonyl (C=O) groups is 1. The zero-order valence-electron chi connectivity index (χ0n) is 15.7. The Labute approximate surface area is 153 Å². The Bertz CT molecular complexity index is 812. The number of hydrogen-bond acceptors (Lipinski definition) is 6. The van der Waals surface area contributed by atoms with E-state index >= 15 is 0 Å². The number of piperidine rings is 1. The van der Waals surface area contributed by atoms with Gasteiger partial charge in [0.25, 0.3) is 5.91 Å². The fraction of sp³-hybridized carbons (Fsp3) is 0.579. The molecule has 1 atom stereocenters. The van der Waals surface area contributed by atoms with Gasteiger partial charge in [-0.2, -0.15) is 0 Å². The number of aromatic nitrogens is 3. The maximum atomic E-state index is 12.9. The van der Waals surface area contributed by atoms with E-state index in [0.29, 0.717) is 23.6 Å². The minimum absolute atomic E-state index is 0.00512. The molecule has 1 fully saturated rings. The first-order chi connectivity index (χ1) is 12.5. The third-order valence-corrected chi connectivity index (χ3v) is 5.46. The number of likely N-dealkylation sites (N-methyl/N-ethyl adjacent to an activating group) is 1. The van der Waals surface area contributed by atoms with Crippen LogP contribution in [0.1, 0.15) is 57.7 Å². The molecule has 2 aromatic rings. The normalized spacial score (nSPS) is 20.9. The Balaban J connectivity index is 1.53. The van der Waals surface area contributed by atoms with E-state index in [9.17, 15) is 4.79 Å². The van der Waals surface area contributed by atoms with Crippen LogP contribution in [0.15, 0.2) is 10.7 Å². The average Bonchev–Trinajstić information content (AvgIpc) is 2.99. The van der Waals surface area contributed by atoms with Crippen LogP contribution in [-0.2, 0) is 13.0 Å². The predicted molar refractivity (Wildman–Crippen MR) is 95.9 cm³/mol. The molecule has 1 saturated heterocycles. The van der Waals surface area contributed by atoms with Gasteiger partial charge in [0, 0.05) is 56.0 Å². The molecular formula is C19H25N5O2. The van der Waals surface area contributed by atoms with Crippen LogP contribution in [0, 0.1) is 13.8 Å². The molecule has 2 aliphatic rings. The monoisotopic (exact) mass is 355 g/mol. The van der Waals surface area contributed by atoms with E-state index in [2.05, 4.69) is 22.1 Å². The third kappa shape index (κ3) is 3.11. The first-order valence-electron chi connectivity index (χ1n) is 9.28. The van der Waals surface area contributed by atoms with Crippen molar-refractivity contribution < 1.29 is 9.32 Å². The van der Waals surface area contributed by atoms with E-state index in [-0.39, 0.29) is 11.8 Å². The number of rotatable bonds is 2. The van der Waals surface area contributed by atoms with Crippen molar-refractivity contribution in [1.82, 2.24) is 24.9 Å². The Hall–Kier alpha value is -2.28. The summed E-state index contributed by atoms with van der Waals surface area (Å²) in [5.74, 6) is 1.66. The highest BCUT2D eigenvalue weighted by molar-refractivity contribution is 5.96. The molecule has 1 unspecified atom stereocenters. The van der Waals surface area contributed by atoms with Gasteiger partial charge in [-0.15, -0.1) is 0 Å². The molecule has 0 aliphatic carbocycles. The molecule has 7 nitrogen and oxygen atoms in total. The average molecular weight is 355 g/mol. The quantitative estimate of drug-likeness (QED) is 0.821. The molecule has 0 saturated carbocycles. The van der Waals surface area contributed by atoms with Gasteiger partial charge in [-0.1, -0.05) is 5.16 Å². The van der Waals surface area contributed by atoms with Crippen LogP contribution in [-0.4, -0.2) is 57.5 Å². The summed E-state index contributed by atoms with van der Waals surface area (Å²) in [5.41, 5.74) is 3.65. The van der Waals surface area contributed by atoms with Crippen LogP contribution >= 0.6 is 0 Å². The highest BCUT2D eigenvalue weighted by Crippen LogP contribution is 2.28. The van der Waals surface area contributed by atoms with Crippen molar-refractivity contribution >= 4 is 5.91 Å². The number of nitrogens with zero attached hydrogens (tertiary/aromatic N) is 5. The zero-order chi connectivity index (χ0) is 18.3. The van der Waals surface area contributed by atoms with Gasteiger partial charge in [-0.05, 0) is 33.7 Å². The molecule has 7 heteroatoms. The number of likely N-dealkylation sites (tertiary alicyclic amines) is 1. The molecule has 1 amide bonds. The fourth-order valence-electron chi connectivity index (χ4n) is 3.99. The molecule has 26 heavy (non-hydrogen) atoms. The number of carbonyl (C=O) groups excluding carboxylic acids is 1. The van der Waals surface area contributed by atoms with Crippen molar-refractivity contribution in [2.75, 3.05) is 26.7 Å². The second kappa shape index (κ2) is 6.79. The molecule has 0 spiro atoms. The lowest BCUT2D eigenvalue weighted by Gasteiger charge is -2.32. The van der Waals surface area contributed by atoms with Crippen molar-refractivity contribution in [3.63, 3.8) is 0 Å². The molecule has 0 aromatic carbocycles. The minimum atomic E-state index is 0.00512. The second-order valence-corrected chi connectivity index (χ2v) is 7.48. The van der Waals surface area contributed by atoms with Crippen molar-refractivity contribution in [2.45, 2.75) is 45.6 Å². The highest BCUT2D eigenvalue weighted by atomic mass is 16.5. The summed E-state index contributed by atoms with van der Waals surface area (Å²) in [6.45, 7) is 6.96.